The second-order valence-corrected chi connectivity index (χ2v) is 7.70. The maximum Gasteiger partial charge on any atom is 0.247 e. The summed E-state index contributed by atoms with van der Waals surface area (Å²) in [6, 6.07) is 3.98. The molecule has 2 rings (SSSR count). The van der Waals surface area contributed by atoms with Crippen molar-refractivity contribution in [3.05, 3.63) is 28.2 Å². The molecular formula is C12H12Cl2N2O4S. The van der Waals surface area contributed by atoms with Gasteiger partial charge >= 0.3 is 0 Å². The Labute approximate surface area is 132 Å². The molecule has 1 N–H and O–H groups in total. The molecule has 114 valence electrons. The smallest absolute Gasteiger partial charge is 0.247 e. The highest BCUT2D eigenvalue weighted by atomic mass is 35.5. The maximum atomic E-state index is 12.7. The van der Waals surface area contributed by atoms with Gasteiger partial charge < -0.3 is 0 Å². The third-order valence-electron chi connectivity index (χ3n) is 3.18. The van der Waals surface area contributed by atoms with Crippen molar-refractivity contribution in [2.24, 2.45) is 0 Å². The molecule has 1 aliphatic rings. The van der Waals surface area contributed by atoms with E-state index in [0.717, 1.165) is 4.31 Å². The predicted molar refractivity (Wildman–Crippen MR) is 77.6 cm³/mol. The van der Waals surface area contributed by atoms with Crippen molar-refractivity contribution in [2.75, 3.05) is 6.54 Å². The minimum Gasteiger partial charge on any atom is -0.294 e. The Kier molecular flexibility index (Phi) is 4.05. The van der Waals surface area contributed by atoms with Gasteiger partial charge in [-0.3, -0.25) is 14.9 Å². The highest BCUT2D eigenvalue weighted by Crippen LogP contribution is 2.32. The second-order valence-electron chi connectivity index (χ2n) is 5.02. The molecule has 1 aliphatic heterocycles. The lowest BCUT2D eigenvalue weighted by Gasteiger charge is -2.38. The molecule has 0 aromatic heterocycles. The molecule has 21 heavy (non-hydrogen) atoms. The monoisotopic (exact) mass is 350 g/mol. The van der Waals surface area contributed by atoms with Crippen LogP contribution in [0.5, 0.6) is 0 Å². The first-order valence-corrected chi connectivity index (χ1v) is 8.08. The van der Waals surface area contributed by atoms with Crippen LogP contribution in [0.1, 0.15) is 13.8 Å². The summed E-state index contributed by atoms with van der Waals surface area (Å²) in [4.78, 5) is 23.1. The van der Waals surface area contributed by atoms with Gasteiger partial charge in [0.2, 0.25) is 21.8 Å². The van der Waals surface area contributed by atoms with Gasteiger partial charge in [-0.2, -0.15) is 4.31 Å². The maximum absolute atomic E-state index is 12.7. The third kappa shape index (κ3) is 2.78. The van der Waals surface area contributed by atoms with Crippen LogP contribution in [0.3, 0.4) is 0 Å². The Morgan fingerprint density at radius 1 is 1.24 bits per heavy atom. The number of piperazine rings is 1. The van der Waals surface area contributed by atoms with E-state index in [1.807, 2.05) is 0 Å². The number of imide groups is 1. The van der Waals surface area contributed by atoms with Gasteiger partial charge in [0.05, 0.1) is 11.6 Å². The van der Waals surface area contributed by atoms with E-state index < -0.39 is 33.9 Å². The van der Waals surface area contributed by atoms with E-state index in [4.69, 9.17) is 23.2 Å². The molecule has 1 aromatic carbocycles. The first kappa shape index (κ1) is 16.2. The number of carbonyl (C=O) groups excluding carboxylic acids is 2. The molecule has 6 nitrogen and oxygen atoms in total. The molecule has 0 spiro atoms. The number of hydrogen-bond donors (Lipinski definition) is 1. The fourth-order valence-electron chi connectivity index (χ4n) is 1.94. The van der Waals surface area contributed by atoms with Crippen LogP contribution >= 0.6 is 23.2 Å². The van der Waals surface area contributed by atoms with Gasteiger partial charge in [0.25, 0.3) is 0 Å². The number of halogens is 2. The number of nitrogens with one attached hydrogen (secondary N) is 1. The van der Waals surface area contributed by atoms with Crippen LogP contribution < -0.4 is 5.32 Å². The third-order valence-corrected chi connectivity index (χ3v) is 5.92. The second kappa shape index (κ2) is 5.24. The van der Waals surface area contributed by atoms with Crippen molar-refractivity contribution in [1.82, 2.24) is 9.62 Å². The van der Waals surface area contributed by atoms with Gasteiger partial charge in [-0.1, -0.05) is 23.2 Å². The Hall–Kier alpha value is -1.15. The lowest BCUT2D eigenvalue weighted by Crippen LogP contribution is -2.65. The molecular weight excluding hydrogens is 339 g/mol. The first-order valence-electron chi connectivity index (χ1n) is 5.89. The average Bonchev–Trinajstić information content (AvgIpc) is 2.36. The van der Waals surface area contributed by atoms with Crippen LogP contribution in [-0.2, 0) is 19.6 Å². The molecule has 0 radical (unpaired) electrons. The van der Waals surface area contributed by atoms with E-state index in [9.17, 15) is 18.0 Å². The van der Waals surface area contributed by atoms with Crippen molar-refractivity contribution in [2.45, 2.75) is 24.3 Å². The van der Waals surface area contributed by atoms with Crippen molar-refractivity contribution in [3.8, 4) is 0 Å². The largest absolute Gasteiger partial charge is 0.294 e. The molecule has 0 atom stereocenters. The van der Waals surface area contributed by atoms with Gasteiger partial charge in [0, 0.05) is 5.02 Å². The fraction of sp³-hybridized carbons (Fsp3) is 0.333. The summed E-state index contributed by atoms with van der Waals surface area (Å²) in [5.41, 5.74) is -1.42. The summed E-state index contributed by atoms with van der Waals surface area (Å²) in [5, 5.41) is 2.26. The molecule has 1 fully saturated rings. The number of benzene rings is 1. The zero-order valence-corrected chi connectivity index (χ0v) is 13.5. The number of nitrogens with zero attached hydrogens (tertiary/aromatic N) is 1. The lowest BCUT2D eigenvalue weighted by atomic mass is 10.0. The van der Waals surface area contributed by atoms with Crippen molar-refractivity contribution >= 4 is 45.0 Å². The number of rotatable bonds is 2. The van der Waals surface area contributed by atoms with Gasteiger partial charge in [0.1, 0.15) is 10.4 Å². The number of amides is 2. The molecule has 0 aliphatic carbocycles. The van der Waals surface area contributed by atoms with Gasteiger partial charge in [-0.15, -0.1) is 0 Å². The van der Waals surface area contributed by atoms with Crippen LogP contribution in [0.2, 0.25) is 10.0 Å². The number of hydrogen-bond acceptors (Lipinski definition) is 4. The average molecular weight is 351 g/mol. The van der Waals surface area contributed by atoms with Crippen LogP contribution in [0.15, 0.2) is 23.1 Å². The van der Waals surface area contributed by atoms with Crippen LogP contribution in [-0.4, -0.2) is 36.6 Å². The Balaban J connectivity index is 2.59. The SMILES string of the molecule is CC1(C)C(=O)NC(=O)CN1S(=O)(=O)c1cc(Cl)ccc1Cl. The molecule has 1 heterocycles. The van der Waals surface area contributed by atoms with E-state index in [1.165, 1.54) is 32.0 Å². The summed E-state index contributed by atoms with van der Waals surface area (Å²) >= 11 is 11.7. The van der Waals surface area contributed by atoms with Gasteiger partial charge in [0.15, 0.2) is 0 Å². The minimum atomic E-state index is -4.15. The Morgan fingerprint density at radius 3 is 2.48 bits per heavy atom. The van der Waals surface area contributed by atoms with Crippen LogP contribution in [0, 0.1) is 0 Å². The molecule has 0 saturated carbocycles. The van der Waals surface area contributed by atoms with Gasteiger partial charge in [-0.25, -0.2) is 8.42 Å². The zero-order valence-electron chi connectivity index (χ0n) is 11.2. The normalized spacial score (nSPS) is 19.4. The summed E-state index contributed by atoms with van der Waals surface area (Å²) in [6.07, 6.45) is 0. The fourth-order valence-corrected chi connectivity index (χ4v) is 4.39. The van der Waals surface area contributed by atoms with Crippen molar-refractivity contribution in [1.29, 1.82) is 0 Å². The number of sulfonamides is 1. The molecule has 0 unspecified atom stereocenters. The predicted octanol–water partition coefficient (Wildman–Crippen LogP) is 1.42. The lowest BCUT2D eigenvalue weighted by molar-refractivity contribution is -0.141. The molecule has 2 amide bonds. The van der Waals surface area contributed by atoms with E-state index in [1.54, 1.807) is 0 Å². The number of carbonyl (C=O) groups is 2. The summed E-state index contributed by atoms with van der Waals surface area (Å²) < 4.78 is 26.3. The Bertz CT molecular complexity index is 731. The van der Waals surface area contributed by atoms with Gasteiger partial charge in [-0.05, 0) is 32.0 Å². The van der Waals surface area contributed by atoms with Crippen molar-refractivity contribution in [3.63, 3.8) is 0 Å². The van der Waals surface area contributed by atoms with E-state index in [0.29, 0.717) is 0 Å². The summed E-state index contributed by atoms with van der Waals surface area (Å²) in [7, 11) is -4.15. The van der Waals surface area contributed by atoms with Crippen LogP contribution in [0.25, 0.3) is 0 Å². The molecule has 1 aromatic rings. The van der Waals surface area contributed by atoms with Crippen LogP contribution in [0.4, 0.5) is 0 Å². The first-order chi connectivity index (χ1) is 9.56. The van der Waals surface area contributed by atoms with E-state index in [-0.39, 0.29) is 14.9 Å². The zero-order chi connectivity index (χ0) is 16.0. The Morgan fingerprint density at radius 2 is 1.86 bits per heavy atom. The molecule has 1 saturated heterocycles. The van der Waals surface area contributed by atoms with Crippen molar-refractivity contribution < 1.29 is 18.0 Å². The topological polar surface area (TPSA) is 83.6 Å². The standard InChI is InChI=1S/C12H12Cl2N2O4S/c1-12(2)11(18)15-10(17)6-16(12)21(19,20)9-5-7(13)3-4-8(9)14/h3-5H,6H2,1-2H3,(H,15,17,18). The quantitative estimate of drug-likeness (QED) is 0.817. The highest BCUT2D eigenvalue weighted by molar-refractivity contribution is 7.89. The molecule has 9 heteroatoms. The van der Waals surface area contributed by atoms with E-state index >= 15 is 0 Å². The highest BCUT2D eigenvalue weighted by Gasteiger charge is 2.48. The minimum absolute atomic E-state index is 0.0337. The van der Waals surface area contributed by atoms with E-state index in [2.05, 4.69) is 5.32 Å². The summed E-state index contributed by atoms with van der Waals surface area (Å²) in [5.74, 6) is -1.39. The molecule has 0 bridgehead atoms. The summed E-state index contributed by atoms with van der Waals surface area (Å²) in [6.45, 7) is 2.35.